The lowest BCUT2D eigenvalue weighted by Crippen LogP contribution is -1.92. The molecule has 0 saturated heterocycles. The van der Waals surface area contributed by atoms with Crippen molar-refractivity contribution in [3.8, 4) is 44.5 Å². The highest BCUT2D eigenvalue weighted by molar-refractivity contribution is 6.24. The summed E-state index contributed by atoms with van der Waals surface area (Å²) in [6.07, 6.45) is 0. The first-order valence-electron chi connectivity index (χ1n) is 29.4. The van der Waals surface area contributed by atoms with Crippen LogP contribution in [0.4, 0.5) is 0 Å². The van der Waals surface area contributed by atoms with Crippen LogP contribution in [0.2, 0.25) is 0 Å². The first kappa shape index (κ1) is 11.1. The van der Waals surface area contributed by atoms with Crippen molar-refractivity contribution in [3.63, 3.8) is 0 Å². The standard InChI is InChI=1S/C48H30O/c1-3-14-31(15-4-1)33-26-27-37-44-25-13-24-43(48(44)49-45(37)30-33)36-28-29-42(35-19-8-7-18-34(35)36)47-40-22-11-9-20-38(40)46(32-16-5-2-6-17-32)39-21-10-12-23-41(39)47/h1-30H/i1D,2D,3D,4D,5D,6D,7D,8D,9D,10D,11D,12D,13D,14D,15D,16D,17D,18D,19D,20D,21D,22D,23D,24D,25D,26D,27D,28D,29D,30D. The molecule has 10 rings (SSSR count). The average molecular weight is 653 g/mol. The smallest absolute Gasteiger partial charge is 0.143 e. The SMILES string of the molecule is [2H]c1c([2H])c([2H])c(-c2c([2H])c([2H])c3c(oc4c(-c5c([2H])c([2H])c(-c6c7c([2H])c([2H])c([2H])c([2H])c7c(-c7c([2H])c([2H])c([2H])c([2H])c7[2H])c7c([2H])c([2H])c([2H])c([2H])c67)c6c([2H])c([2H])c([2H])c([2H])c56)c([2H])c([2H])c([2H])c43)c2[2H])c([2H])c1[2H]. The molecule has 0 amide bonds. The van der Waals surface area contributed by atoms with Gasteiger partial charge >= 0.3 is 0 Å². The van der Waals surface area contributed by atoms with Gasteiger partial charge in [-0.25, -0.2) is 0 Å². The van der Waals surface area contributed by atoms with Crippen LogP contribution in [0.15, 0.2) is 186 Å². The molecule has 10 aromatic rings. The van der Waals surface area contributed by atoms with Crippen LogP contribution in [-0.4, -0.2) is 0 Å². The van der Waals surface area contributed by atoms with E-state index in [4.69, 9.17) is 30.5 Å². The van der Waals surface area contributed by atoms with Crippen molar-refractivity contribution in [2.24, 2.45) is 0 Å². The zero-order valence-corrected chi connectivity index (χ0v) is 24.4. The Hall–Kier alpha value is -6.44. The molecule has 1 heterocycles. The number of hydrogen-bond donors (Lipinski definition) is 0. The number of benzene rings is 9. The molecular formula is C48H30O. The second kappa shape index (κ2) is 11.1. The largest absolute Gasteiger partial charge is 0.455 e. The van der Waals surface area contributed by atoms with Gasteiger partial charge in [0.1, 0.15) is 11.2 Å². The maximum atomic E-state index is 9.95. The molecule has 1 nitrogen and oxygen atoms in total. The highest BCUT2D eigenvalue weighted by atomic mass is 16.3. The Labute approximate surface area is 326 Å². The van der Waals surface area contributed by atoms with Gasteiger partial charge in [0.2, 0.25) is 0 Å². The number of furan rings is 1. The fourth-order valence-electron chi connectivity index (χ4n) is 5.91. The molecule has 0 spiro atoms. The van der Waals surface area contributed by atoms with Gasteiger partial charge in [0.15, 0.2) is 0 Å². The summed E-state index contributed by atoms with van der Waals surface area (Å²) in [5, 5.41) is -5.81. The van der Waals surface area contributed by atoms with E-state index in [1.165, 1.54) is 0 Å². The zero-order valence-electron chi connectivity index (χ0n) is 54.4. The van der Waals surface area contributed by atoms with Crippen LogP contribution in [0, 0.1) is 0 Å². The quantitative estimate of drug-likeness (QED) is 0.172. The first-order chi connectivity index (χ1) is 36.8. The summed E-state index contributed by atoms with van der Waals surface area (Å²) in [5.74, 6) is 0. The summed E-state index contributed by atoms with van der Waals surface area (Å²) < 4.78 is 276. The van der Waals surface area contributed by atoms with Gasteiger partial charge in [0.25, 0.3) is 0 Å². The van der Waals surface area contributed by atoms with Gasteiger partial charge < -0.3 is 4.42 Å². The summed E-state index contributed by atoms with van der Waals surface area (Å²) in [6, 6.07) is -29.2. The number of rotatable bonds is 4. The Morgan fingerprint density at radius 1 is 0.306 bits per heavy atom. The molecule has 0 unspecified atom stereocenters. The minimum atomic E-state index is -1.14. The van der Waals surface area contributed by atoms with Crippen LogP contribution in [0.25, 0.3) is 98.8 Å². The summed E-state index contributed by atoms with van der Waals surface area (Å²) in [4.78, 5) is 0. The molecule has 0 aliphatic carbocycles. The van der Waals surface area contributed by atoms with Gasteiger partial charge in [-0.2, -0.15) is 0 Å². The van der Waals surface area contributed by atoms with Crippen LogP contribution in [0.3, 0.4) is 0 Å². The Morgan fingerprint density at radius 2 is 0.816 bits per heavy atom. The number of hydrogen-bond acceptors (Lipinski definition) is 1. The fourth-order valence-corrected chi connectivity index (χ4v) is 5.91. The maximum absolute atomic E-state index is 9.95. The minimum absolute atomic E-state index is 0.554. The van der Waals surface area contributed by atoms with Gasteiger partial charge in [0, 0.05) is 16.3 Å². The van der Waals surface area contributed by atoms with Crippen molar-refractivity contribution in [2.75, 3.05) is 0 Å². The molecule has 0 saturated carbocycles. The van der Waals surface area contributed by atoms with Crippen LogP contribution in [0.5, 0.6) is 0 Å². The molecular weight excluding hydrogens is 593 g/mol. The lowest BCUT2D eigenvalue weighted by atomic mass is 9.84. The van der Waals surface area contributed by atoms with E-state index in [9.17, 15) is 15.1 Å². The predicted molar refractivity (Wildman–Crippen MR) is 208 cm³/mol. The van der Waals surface area contributed by atoms with Gasteiger partial charge in [0.05, 0.1) is 41.1 Å². The molecule has 0 radical (unpaired) electrons. The Morgan fingerprint density at radius 3 is 1.47 bits per heavy atom. The highest BCUT2D eigenvalue weighted by Crippen LogP contribution is 2.47. The second-order valence-electron chi connectivity index (χ2n) is 10.5. The van der Waals surface area contributed by atoms with Crippen molar-refractivity contribution in [1.29, 1.82) is 0 Å². The molecule has 0 bridgehead atoms. The van der Waals surface area contributed by atoms with E-state index in [1.807, 2.05) is 0 Å². The van der Waals surface area contributed by atoms with Crippen LogP contribution in [-0.2, 0) is 0 Å². The van der Waals surface area contributed by atoms with Gasteiger partial charge in [-0.3, -0.25) is 0 Å². The molecule has 0 aliphatic rings. The van der Waals surface area contributed by atoms with E-state index in [-0.39, 0.29) is 0 Å². The Kier molecular flexibility index (Phi) is 2.50. The van der Waals surface area contributed by atoms with E-state index in [1.54, 1.807) is 0 Å². The van der Waals surface area contributed by atoms with Crippen molar-refractivity contribution in [1.82, 2.24) is 0 Å². The number of fused-ring (bicyclic) bond motifs is 6. The third kappa shape index (κ3) is 4.33. The Balaban J connectivity index is 1.49. The molecule has 0 fully saturated rings. The van der Waals surface area contributed by atoms with Crippen LogP contribution < -0.4 is 0 Å². The van der Waals surface area contributed by atoms with E-state index in [0.29, 0.717) is 0 Å². The second-order valence-corrected chi connectivity index (χ2v) is 10.5. The third-order valence-corrected chi connectivity index (χ3v) is 7.94. The van der Waals surface area contributed by atoms with E-state index < -0.39 is 280 Å². The molecule has 49 heavy (non-hydrogen) atoms. The van der Waals surface area contributed by atoms with Crippen molar-refractivity contribution in [2.45, 2.75) is 0 Å². The molecule has 0 aliphatic heterocycles. The third-order valence-electron chi connectivity index (χ3n) is 7.94. The van der Waals surface area contributed by atoms with Crippen molar-refractivity contribution < 1.29 is 45.5 Å². The Bertz CT molecular complexity index is 4460. The summed E-state index contributed by atoms with van der Waals surface area (Å²) in [5.41, 5.74) is -7.59. The summed E-state index contributed by atoms with van der Waals surface area (Å²) >= 11 is 0. The fraction of sp³-hybridized carbons (Fsp3) is 0. The average Bonchev–Trinajstić information content (AvgIpc) is 3.51. The van der Waals surface area contributed by atoms with Crippen LogP contribution in [0.1, 0.15) is 41.1 Å². The molecule has 0 N–H and O–H groups in total. The first-order valence-corrected chi connectivity index (χ1v) is 14.4. The molecule has 1 aromatic heterocycles. The van der Waals surface area contributed by atoms with E-state index in [2.05, 4.69) is 0 Å². The molecule has 228 valence electrons. The topological polar surface area (TPSA) is 13.1 Å². The van der Waals surface area contributed by atoms with Crippen molar-refractivity contribution in [3.05, 3.63) is 181 Å². The van der Waals surface area contributed by atoms with Crippen LogP contribution >= 0.6 is 0 Å². The number of para-hydroxylation sites is 1. The lowest BCUT2D eigenvalue weighted by Gasteiger charge is -2.19. The summed E-state index contributed by atoms with van der Waals surface area (Å²) in [7, 11) is 0. The van der Waals surface area contributed by atoms with E-state index in [0.717, 1.165) is 0 Å². The molecule has 0 atom stereocenters. The van der Waals surface area contributed by atoms with Gasteiger partial charge in [-0.1, -0.05) is 169 Å². The lowest BCUT2D eigenvalue weighted by molar-refractivity contribution is 0.670. The predicted octanol–water partition coefficient (Wildman–Crippen LogP) is 13.7. The zero-order chi connectivity index (χ0) is 58.4. The summed E-state index contributed by atoms with van der Waals surface area (Å²) in [6.45, 7) is 0. The highest BCUT2D eigenvalue weighted by Gasteiger charge is 2.20. The van der Waals surface area contributed by atoms with Crippen molar-refractivity contribution >= 4 is 54.3 Å². The van der Waals surface area contributed by atoms with Gasteiger partial charge in [-0.15, -0.1) is 0 Å². The monoisotopic (exact) mass is 652 g/mol. The maximum Gasteiger partial charge on any atom is 0.143 e. The minimum Gasteiger partial charge on any atom is -0.455 e. The molecule has 9 aromatic carbocycles. The normalized spacial score (nSPS) is 20.2. The molecule has 1 heteroatoms. The van der Waals surface area contributed by atoms with E-state index >= 15 is 0 Å². The van der Waals surface area contributed by atoms with Gasteiger partial charge in [-0.05, 0) is 83.3 Å².